The van der Waals surface area contributed by atoms with Crippen LogP contribution in [0.25, 0.3) is 0 Å². The number of aliphatic hydroxyl groups is 1. The van der Waals surface area contributed by atoms with Gasteiger partial charge in [0, 0.05) is 32.1 Å². The Labute approximate surface area is 155 Å². The van der Waals surface area contributed by atoms with Gasteiger partial charge in [0.05, 0.1) is 6.10 Å². The molecule has 1 amide bonds. The van der Waals surface area contributed by atoms with Crippen LogP contribution in [0.15, 0.2) is 24.3 Å². The third-order valence-corrected chi connectivity index (χ3v) is 5.52. The van der Waals surface area contributed by atoms with E-state index in [1.54, 1.807) is 19.1 Å². The molecule has 2 aliphatic heterocycles. The number of nitrogens with one attached hydrogen (secondary N) is 1. The summed E-state index contributed by atoms with van der Waals surface area (Å²) in [6.45, 7) is 3.36. The van der Waals surface area contributed by atoms with E-state index in [-0.39, 0.29) is 30.2 Å². The van der Waals surface area contributed by atoms with E-state index in [4.69, 9.17) is 0 Å². The van der Waals surface area contributed by atoms with Crippen LogP contribution in [0.1, 0.15) is 50.7 Å². The van der Waals surface area contributed by atoms with Gasteiger partial charge in [-0.1, -0.05) is 12.1 Å². The highest BCUT2D eigenvalue weighted by atomic mass is 35.5. The minimum Gasteiger partial charge on any atom is -0.387 e. The molecule has 3 atom stereocenters. The number of hydrogen-bond donors (Lipinski definition) is 2. The van der Waals surface area contributed by atoms with E-state index < -0.39 is 6.10 Å². The summed E-state index contributed by atoms with van der Waals surface area (Å²) < 4.78 is 13.3. The highest BCUT2D eigenvalue weighted by molar-refractivity contribution is 5.85. The summed E-state index contributed by atoms with van der Waals surface area (Å²) in [6, 6.07) is 6.64. The Hall–Kier alpha value is -1.17. The number of rotatable bonds is 4. The lowest BCUT2D eigenvalue weighted by Crippen LogP contribution is -2.39. The number of hydrogen-bond acceptors (Lipinski definition) is 3. The molecule has 0 aliphatic carbocycles. The van der Waals surface area contributed by atoms with Crippen molar-refractivity contribution in [1.82, 2.24) is 10.2 Å². The van der Waals surface area contributed by atoms with Gasteiger partial charge >= 0.3 is 0 Å². The Balaban J connectivity index is 0.00000225. The van der Waals surface area contributed by atoms with Gasteiger partial charge in [0.1, 0.15) is 5.82 Å². The second kappa shape index (κ2) is 8.97. The van der Waals surface area contributed by atoms with Crippen LogP contribution < -0.4 is 5.32 Å². The summed E-state index contributed by atoms with van der Waals surface area (Å²) >= 11 is 0. The Bertz CT molecular complexity index is 578. The summed E-state index contributed by atoms with van der Waals surface area (Å²) in [4.78, 5) is 13.3. The van der Waals surface area contributed by atoms with Gasteiger partial charge < -0.3 is 15.3 Å². The van der Waals surface area contributed by atoms with Crippen molar-refractivity contribution in [2.45, 2.75) is 57.2 Å². The number of benzene rings is 1. The quantitative estimate of drug-likeness (QED) is 0.856. The van der Waals surface area contributed by atoms with E-state index in [2.05, 4.69) is 5.32 Å². The van der Waals surface area contributed by atoms with Crippen LogP contribution in [0, 0.1) is 11.7 Å². The zero-order valence-electron chi connectivity index (χ0n) is 14.7. The van der Waals surface area contributed by atoms with Crippen molar-refractivity contribution in [3.05, 3.63) is 35.6 Å². The fraction of sp³-hybridized carbons (Fsp3) is 0.632. The number of likely N-dealkylation sites (tertiary alicyclic amines) is 1. The maximum atomic E-state index is 13.3. The molecule has 3 rings (SSSR count). The molecule has 1 aromatic carbocycles. The molecule has 2 heterocycles. The van der Waals surface area contributed by atoms with Crippen molar-refractivity contribution in [2.24, 2.45) is 5.92 Å². The molecule has 0 spiro atoms. The number of halogens is 2. The van der Waals surface area contributed by atoms with Gasteiger partial charge in [0.25, 0.3) is 0 Å². The number of aliphatic hydroxyl groups excluding tert-OH is 1. The topological polar surface area (TPSA) is 52.6 Å². The molecular formula is C19H28ClFN2O2. The van der Waals surface area contributed by atoms with Gasteiger partial charge in [0.2, 0.25) is 5.91 Å². The van der Waals surface area contributed by atoms with Crippen molar-refractivity contribution in [3.8, 4) is 0 Å². The Morgan fingerprint density at radius 1 is 1.32 bits per heavy atom. The molecule has 6 heteroatoms. The molecule has 140 valence electrons. The molecule has 1 aromatic rings. The summed E-state index contributed by atoms with van der Waals surface area (Å²) in [5.41, 5.74) is 0.642. The van der Waals surface area contributed by atoms with E-state index in [0.717, 1.165) is 45.2 Å². The minimum atomic E-state index is -0.662. The minimum absolute atomic E-state index is 0. The SMILES string of the molecule is CC(=O)N1CCC(C[C@@H]2CC[C@H]([C@@H](O)c3cccc(F)c3)N2)CC1.Cl. The average Bonchev–Trinajstić information content (AvgIpc) is 3.03. The smallest absolute Gasteiger partial charge is 0.219 e. The molecule has 0 aromatic heterocycles. The van der Waals surface area contributed by atoms with Gasteiger partial charge in [-0.25, -0.2) is 4.39 Å². The number of carbonyl (C=O) groups excluding carboxylic acids is 1. The van der Waals surface area contributed by atoms with Crippen molar-refractivity contribution in [1.29, 1.82) is 0 Å². The number of carbonyl (C=O) groups is 1. The highest BCUT2D eigenvalue weighted by Gasteiger charge is 2.32. The molecule has 25 heavy (non-hydrogen) atoms. The predicted octanol–water partition coefficient (Wildman–Crippen LogP) is 3.05. The van der Waals surface area contributed by atoms with Gasteiger partial charge in [0.15, 0.2) is 0 Å². The monoisotopic (exact) mass is 370 g/mol. The first-order valence-corrected chi connectivity index (χ1v) is 8.98. The van der Waals surface area contributed by atoms with Crippen molar-refractivity contribution in [2.75, 3.05) is 13.1 Å². The van der Waals surface area contributed by atoms with Crippen LogP contribution in [-0.4, -0.2) is 41.1 Å². The standard InChI is InChI=1S/C19H27FN2O2.ClH/c1-13(23)22-9-7-14(8-10-22)11-17-5-6-18(21-17)19(24)15-3-2-4-16(20)12-15;/h2-4,12,14,17-19,21,24H,5-11H2,1H3;1H/t17-,18+,19-;/m0./s1. The molecular weight excluding hydrogens is 343 g/mol. The maximum Gasteiger partial charge on any atom is 0.219 e. The molecule has 0 unspecified atom stereocenters. The van der Waals surface area contributed by atoms with Gasteiger partial charge in [-0.2, -0.15) is 0 Å². The number of piperidine rings is 1. The Kier molecular flexibility index (Phi) is 7.23. The van der Waals surface area contributed by atoms with Crippen LogP contribution in [0.5, 0.6) is 0 Å². The van der Waals surface area contributed by atoms with E-state index in [0.29, 0.717) is 17.5 Å². The van der Waals surface area contributed by atoms with E-state index in [1.165, 1.54) is 12.1 Å². The third-order valence-electron chi connectivity index (χ3n) is 5.52. The normalized spacial score (nSPS) is 25.5. The summed E-state index contributed by atoms with van der Waals surface area (Å²) in [6.07, 6.45) is 4.52. The van der Waals surface area contributed by atoms with Gasteiger partial charge in [-0.3, -0.25) is 4.79 Å². The second-order valence-corrected chi connectivity index (χ2v) is 7.23. The number of nitrogens with zero attached hydrogens (tertiary/aromatic N) is 1. The van der Waals surface area contributed by atoms with Gasteiger partial charge in [-0.15, -0.1) is 12.4 Å². The second-order valence-electron chi connectivity index (χ2n) is 7.23. The van der Waals surface area contributed by atoms with Crippen LogP contribution in [0.4, 0.5) is 4.39 Å². The predicted molar refractivity (Wildman–Crippen MR) is 98.1 cm³/mol. The van der Waals surface area contributed by atoms with Crippen molar-refractivity contribution < 1.29 is 14.3 Å². The maximum absolute atomic E-state index is 13.3. The van der Waals surface area contributed by atoms with Crippen molar-refractivity contribution in [3.63, 3.8) is 0 Å². The molecule has 0 saturated carbocycles. The largest absolute Gasteiger partial charge is 0.387 e. The first kappa shape index (κ1) is 20.1. The lowest BCUT2D eigenvalue weighted by atomic mass is 9.90. The molecule has 2 aliphatic rings. The Morgan fingerprint density at radius 3 is 2.68 bits per heavy atom. The van der Waals surface area contributed by atoms with E-state index in [1.807, 2.05) is 4.90 Å². The summed E-state index contributed by atoms with van der Waals surface area (Å²) in [7, 11) is 0. The summed E-state index contributed by atoms with van der Waals surface area (Å²) in [5, 5.41) is 14.0. The summed E-state index contributed by atoms with van der Waals surface area (Å²) in [5.74, 6) is 0.507. The van der Waals surface area contributed by atoms with Crippen LogP contribution in [-0.2, 0) is 4.79 Å². The van der Waals surface area contributed by atoms with Crippen molar-refractivity contribution >= 4 is 18.3 Å². The number of amides is 1. The molecule has 0 radical (unpaired) electrons. The Morgan fingerprint density at radius 2 is 2.04 bits per heavy atom. The fourth-order valence-electron chi connectivity index (χ4n) is 4.09. The molecule has 4 nitrogen and oxygen atoms in total. The van der Waals surface area contributed by atoms with Crippen LogP contribution >= 0.6 is 12.4 Å². The zero-order chi connectivity index (χ0) is 17.1. The molecule has 0 bridgehead atoms. The first-order valence-electron chi connectivity index (χ1n) is 8.98. The van der Waals surface area contributed by atoms with E-state index in [9.17, 15) is 14.3 Å². The van der Waals surface area contributed by atoms with E-state index >= 15 is 0 Å². The fourth-order valence-corrected chi connectivity index (χ4v) is 4.09. The lowest BCUT2D eigenvalue weighted by molar-refractivity contribution is -0.130. The molecule has 2 fully saturated rings. The van der Waals surface area contributed by atoms with Crippen LogP contribution in [0.2, 0.25) is 0 Å². The average molecular weight is 371 g/mol. The third kappa shape index (κ3) is 5.16. The molecule has 2 saturated heterocycles. The van der Waals surface area contributed by atoms with Gasteiger partial charge in [-0.05, 0) is 55.7 Å². The zero-order valence-corrected chi connectivity index (χ0v) is 15.5. The highest BCUT2D eigenvalue weighted by Crippen LogP contribution is 2.30. The lowest BCUT2D eigenvalue weighted by Gasteiger charge is -2.32. The van der Waals surface area contributed by atoms with Crippen LogP contribution in [0.3, 0.4) is 0 Å². The molecule has 2 N–H and O–H groups in total. The first-order chi connectivity index (χ1) is 11.5.